The predicted molar refractivity (Wildman–Crippen MR) is 104 cm³/mol. The second-order valence-electron chi connectivity index (χ2n) is 6.25. The number of aryl methyl sites for hydroxylation is 1. The van der Waals surface area contributed by atoms with E-state index in [4.69, 9.17) is 11.6 Å². The zero-order chi connectivity index (χ0) is 21.2. The fourth-order valence-electron chi connectivity index (χ4n) is 2.79. The van der Waals surface area contributed by atoms with Gasteiger partial charge in [-0.15, -0.1) is 0 Å². The molecule has 1 N–H and O–H groups in total. The molecule has 5 nitrogen and oxygen atoms in total. The lowest BCUT2D eigenvalue weighted by molar-refractivity contribution is -0.137. The van der Waals surface area contributed by atoms with E-state index in [9.17, 15) is 22.8 Å². The van der Waals surface area contributed by atoms with Gasteiger partial charge in [0.25, 0.3) is 5.56 Å². The monoisotopic (exact) mass is 421 g/mol. The standard InChI is InChI=1S/C20H15ClF3N3O2/c1-12-9-18(29)27(19(25-12)13-5-4-6-14(21)10-13)11-17(28)26-16-8-3-2-7-15(16)20(22,23)24/h2-10H,11H2,1H3,(H,26,28). The van der Waals surface area contributed by atoms with Crippen molar-refractivity contribution in [3.8, 4) is 11.4 Å². The molecule has 0 radical (unpaired) electrons. The molecular weight excluding hydrogens is 407 g/mol. The van der Waals surface area contributed by atoms with Crippen LogP contribution in [0.25, 0.3) is 11.4 Å². The van der Waals surface area contributed by atoms with Crippen LogP contribution in [-0.4, -0.2) is 15.5 Å². The Labute approximate surface area is 168 Å². The third-order valence-corrected chi connectivity index (χ3v) is 4.26. The van der Waals surface area contributed by atoms with E-state index in [1.165, 1.54) is 18.2 Å². The molecule has 0 atom stereocenters. The average Bonchev–Trinajstić information content (AvgIpc) is 2.63. The molecule has 1 aromatic heterocycles. The molecule has 0 spiro atoms. The van der Waals surface area contributed by atoms with Crippen LogP contribution in [-0.2, 0) is 17.5 Å². The summed E-state index contributed by atoms with van der Waals surface area (Å²) in [6.07, 6.45) is -4.63. The summed E-state index contributed by atoms with van der Waals surface area (Å²) < 4.78 is 40.5. The Morgan fingerprint density at radius 2 is 1.86 bits per heavy atom. The third-order valence-electron chi connectivity index (χ3n) is 4.03. The highest BCUT2D eigenvalue weighted by molar-refractivity contribution is 6.30. The van der Waals surface area contributed by atoms with Crippen molar-refractivity contribution in [1.29, 1.82) is 0 Å². The lowest BCUT2D eigenvalue weighted by atomic mass is 10.1. The van der Waals surface area contributed by atoms with Gasteiger partial charge in [0.15, 0.2) is 0 Å². The van der Waals surface area contributed by atoms with E-state index >= 15 is 0 Å². The van der Waals surface area contributed by atoms with Gasteiger partial charge in [-0.05, 0) is 31.2 Å². The molecule has 0 saturated carbocycles. The molecule has 3 aromatic rings. The van der Waals surface area contributed by atoms with E-state index < -0.39 is 29.8 Å². The van der Waals surface area contributed by atoms with E-state index in [0.717, 1.165) is 16.7 Å². The van der Waals surface area contributed by atoms with E-state index in [1.807, 2.05) is 0 Å². The van der Waals surface area contributed by atoms with Gasteiger partial charge < -0.3 is 5.32 Å². The highest BCUT2D eigenvalue weighted by Crippen LogP contribution is 2.34. The van der Waals surface area contributed by atoms with Gasteiger partial charge in [0.1, 0.15) is 12.4 Å². The maximum absolute atomic E-state index is 13.1. The van der Waals surface area contributed by atoms with E-state index in [2.05, 4.69) is 10.3 Å². The molecule has 3 rings (SSSR count). The highest BCUT2D eigenvalue weighted by atomic mass is 35.5. The number of hydrogen-bond donors (Lipinski definition) is 1. The molecule has 0 saturated heterocycles. The van der Waals surface area contributed by atoms with Crippen LogP contribution >= 0.6 is 11.6 Å². The fourth-order valence-corrected chi connectivity index (χ4v) is 2.98. The normalized spacial score (nSPS) is 11.3. The number of carbonyl (C=O) groups excluding carboxylic acids is 1. The van der Waals surface area contributed by atoms with E-state index in [0.29, 0.717) is 16.3 Å². The van der Waals surface area contributed by atoms with Crippen molar-refractivity contribution in [1.82, 2.24) is 9.55 Å². The van der Waals surface area contributed by atoms with Gasteiger partial charge in [-0.1, -0.05) is 35.9 Å². The number of anilines is 1. The number of aromatic nitrogens is 2. The second kappa shape index (κ2) is 8.08. The smallest absolute Gasteiger partial charge is 0.324 e. The number of nitrogens with one attached hydrogen (secondary N) is 1. The molecule has 0 aliphatic heterocycles. The maximum atomic E-state index is 13.1. The number of nitrogens with zero attached hydrogens (tertiary/aromatic N) is 2. The SMILES string of the molecule is Cc1cc(=O)n(CC(=O)Nc2ccccc2C(F)(F)F)c(-c2cccc(Cl)c2)n1. The first-order chi connectivity index (χ1) is 13.6. The Hall–Kier alpha value is -3.13. The van der Waals surface area contributed by atoms with Crippen LogP contribution in [0.1, 0.15) is 11.3 Å². The van der Waals surface area contributed by atoms with Crippen molar-refractivity contribution in [2.45, 2.75) is 19.6 Å². The molecule has 1 amide bonds. The topological polar surface area (TPSA) is 64.0 Å². The van der Waals surface area contributed by atoms with Crippen LogP contribution < -0.4 is 10.9 Å². The van der Waals surface area contributed by atoms with Gasteiger partial charge in [-0.25, -0.2) is 4.98 Å². The largest absolute Gasteiger partial charge is 0.418 e. The molecule has 150 valence electrons. The van der Waals surface area contributed by atoms with Crippen molar-refractivity contribution in [2.75, 3.05) is 5.32 Å². The van der Waals surface area contributed by atoms with E-state index in [1.54, 1.807) is 31.2 Å². The molecule has 0 aliphatic rings. The predicted octanol–water partition coefficient (Wildman–Crippen LogP) is 4.53. The minimum atomic E-state index is -4.63. The Balaban J connectivity index is 1.95. The lowest BCUT2D eigenvalue weighted by Crippen LogP contribution is -2.30. The van der Waals surface area contributed by atoms with Gasteiger partial charge in [0.05, 0.1) is 11.3 Å². The number of hydrogen-bond acceptors (Lipinski definition) is 3. The van der Waals surface area contributed by atoms with E-state index in [-0.39, 0.29) is 11.5 Å². The number of benzene rings is 2. The molecule has 0 bridgehead atoms. The summed E-state index contributed by atoms with van der Waals surface area (Å²) >= 11 is 6.00. The molecule has 0 unspecified atom stereocenters. The summed E-state index contributed by atoms with van der Waals surface area (Å²) in [5, 5.41) is 2.64. The first kappa shape index (κ1) is 20.6. The summed E-state index contributed by atoms with van der Waals surface area (Å²) in [7, 11) is 0. The van der Waals surface area contributed by atoms with Crippen LogP contribution in [0.5, 0.6) is 0 Å². The van der Waals surface area contributed by atoms with Crippen molar-refractivity contribution in [3.05, 3.63) is 81.2 Å². The molecular formula is C20H15ClF3N3O2. The molecule has 1 heterocycles. The molecule has 2 aromatic carbocycles. The van der Waals surface area contributed by atoms with Crippen LogP contribution in [0.3, 0.4) is 0 Å². The van der Waals surface area contributed by atoms with Crippen LogP contribution in [0.4, 0.5) is 18.9 Å². The quantitative estimate of drug-likeness (QED) is 0.673. The van der Waals surface area contributed by atoms with Gasteiger partial charge >= 0.3 is 6.18 Å². The number of para-hydroxylation sites is 1. The van der Waals surface area contributed by atoms with Crippen LogP contribution in [0.2, 0.25) is 5.02 Å². The fraction of sp³-hybridized carbons (Fsp3) is 0.150. The third kappa shape index (κ3) is 4.83. The first-order valence-corrected chi connectivity index (χ1v) is 8.83. The Kier molecular flexibility index (Phi) is 5.74. The number of halogens is 4. The number of amides is 1. The van der Waals surface area contributed by atoms with Gasteiger partial charge in [-0.3, -0.25) is 14.2 Å². The zero-order valence-corrected chi connectivity index (χ0v) is 15.9. The van der Waals surface area contributed by atoms with Crippen molar-refractivity contribution >= 4 is 23.2 Å². The van der Waals surface area contributed by atoms with Gasteiger partial charge in [0, 0.05) is 22.3 Å². The van der Waals surface area contributed by atoms with Gasteiger partial charge in [-0.2, -0.15) is 13.2 Å². The first-order valence-electron chi connectivity index (χ1n) is 8.45. The molecule has 29 heavy (non-hydrogen) atoms. The Bertz CT molecular complexity index is 1130. The summed E-state index contributed by atoms with van der Waals surface area (Å²) in [6.45, 7) is 1.11. The number of carbonyl (C=O) groups is 1. The summed E-state index contributed by atoms with van der Waals surface area (Å²) in [5.41, 5.74) is -0.933. The Morgan fingerprint density at radius 1 is 1.14 bits per heavy atom. The molecule has 9 heteroatoms. The summed E-state index contributed by atoms with van der Waals surface area (Å²) in [4.78, 5) is 29.2. The number of rotatable bonds is 4. The summed E-state index contributed by atoms with van der Waals surface area (Å²) in [5.74, 6) is -0.602. The van der Waals surface area contributed by atoms with Crippen LogP contribution in [0, 0.1) is 6.92 Å². The minimum Gasteiger partial charge on any atom is -0.324 e. The molecule has 0 fully saturated rings. The van der Waals surface area contributed by atoms with Crippen molar-refractivity contribution in [3.63, 3.8) is 0 Å². The lowest BCUT2D eigenvalue weighted by Gasteiger charge is -2.15. The number of alkyl halides is 3. The Morgan fingerprint density at radius 3 is 2.55 bits per heavy atom. The average molecular weight is 422 g/mol. The molecule has 0 aliphatic carbocycles. The second-order valence-corrected chi connectivity index (χ2v) is 6.68. The van der Waals surface area contributed by atoms with Crippen LogP contribution in [0.15, 0.2) is 59.4 Å². The van der Waals surface area contributed by atoms with Crippen molar-refractivity contribution < 1.29 is 18.0 Å². The van der Waals surface area contributed by atoms with Crippen molar-refractivity contribution in [2.24, 2.45) is 0 Å². The zero-order valence-electron chi connectivity index (χ0n) is 15.1. The minimum absolute atomic E-state index is 0.191. The maximum Gasteiger partial charge on any atom is 0.418 e. The van der Waals surface area contributed by atoms with Gasteiger partial charge in [0.2, 0.25) is 5.91 Å². The summed E-state index contributed by atoms with van der Waals surface area (Å²) in [6, 6.07) is 12.4. The highest BCUT2D eigenvalue weighted by Gasteiger charge is 2.33.